The van der Waals surface area contributed by atoms with Gasteiger partial charge in [0, 0.05) is 26.9 Å². The molecular weight excluding hydrogens is 683 g/mol. The smallest absolute Gasteiger partial charge is 0.0736 e. The quantitative estimate of drug-likeness (QED) is 0.174. The molecule has 0 fully saturated rings. The van der Waals surface area contributed by atoms with Crippen molar-refractivity contribution in [3.63, 3.8) is 0 Å². The summed E-state index contributed by atoms with van der Waals surface area (Å²) in [6.45, 7) is 0. The van der Waals surface area contributed by atoms with Crippen LogP contribution in [-0.2, 0) is 5.41 Å². The van der Waals surface area contributed by atoms with Crippen molar-refractivity contribution in [2.45, 2.75) is 15.2 Å². The van der Waals surface area contributed by atoms with Crippen LogP contribution in [0.4, 0.5) is 17.1 Å². The molecule has 55 heavy (non-hydrogen) atoms. The third-order valence-electron chi connectivity index (χ3n) is 11.5. The van der Waals surface area contributed by atoms with Crippen LogP contribution in [0.3, 0.4) is 0 Å². The van der Waals surface area contributed by atoms with Crippen LogP contribution in [0.5, 0.6) is 0 Å². The second-order valence-electron chi connectivity index (χ2n) is 14.4. The standard InChI is InChI=1S/C53H35NS/c1-3-13-36(14-4-1)38-23-28-41(29-24-38)54(42-30-25-39(26-31-42)37-15-5-2-6-16-37)43-32-33-45-49(35-43)53(48-34-27-40-17-7-8-18-44(40)52(45)48)46-19-9-11-21-50(46)55-51-22-12-10-20-47(51)53/h1-35H. The first-order valence-electron chi connectivity index (χ1n) is 18.9. The molecule has 11 rings (SSSR count). The molecule has 0 N–H and O–H groups in total. The van der Waals surface area contributed by atoms with E-state index in [2.05, 4.69) is 217 Å². The van der Waals surface area contributed by atoms with Crippen molar-refractivity contribution in [1.82, 2.24) is 0 Å². The van der Waals surface area contributed by atoms with Crippen LogP contribution in [0, 0.1) is 0 Å². The molecule has 1 aliphatic heterocycles. The zero-order valence-electron chi connectivity index (χ0n) is 30.1. The molecule has 0 aromatic heterocycles. The number of hydrogen-bond donors (Lipinski definition) is 0. The first-order chi connectivity index (χ1) is 27.3. The summed E-state index contributed by atoms with van der Waals surface area (Å²) < 4.78 is 0. The fraction of sp³-hybridized carbons (Fsp3) is 0.0189. The average molecular weight is 718 g/mol. The molecule has 1 heterocycles. The van der Waals surface area contributed by atoms with E-state index in [1.807, 2.05) is 11.8 Å². The van der Waals surface area contributed by atoms with Gasteiger partial charge in [0.05, 0.1) is 5.41 Å². The van der Waals surface area contributed by atoms with Gasteiger partial charge in [-0.25, -0.2) is 0 Å². The maximum Gasteiger partial charge on any atom is 0.0736 e. The Morgan fingerprint density at radius 2 is 0.836 bits per heavy atom. The fourth-order valence-corrected chi connectivity index (χ4v) is 10.3. The Bertz CT molecular complexity index is 2750. The van der Waals surface area contributed by atoms with Crippen LogP contribution < -0.4 is 4.90 Å². The van der Waals surface area contributed by atoms with E-state index in [1.165, 1.54) is 76.2 Å². The molecule has 0 radical (unpaired) electrons. The minimum absolute atomic E-state index is 0.483. The van der Waals surface area contributed by atoms with Gasteiger partial charge in [0.25, 0.3) is 0 Å². The van der Waals surface area contributed by atoms with Crippen LogP contribution in [0.25, 0.3) is 44.2 Å². The molecule has 1 aliphatic carbocycles. The number of benzene rings is 9. The SMILES string of the molecule is c1ccc(-c2ccc(N(c3ccc(-c4ccccc4)cc3)c3ccc4c(c3)C3(c5ccccc5Sc5ccccc53)c3ccc5ccccc5c3-4)cc2)cc1. The first-order valence-corrected chi connectivity index (χ1v) is 19.7. The third kappa shape index (κ3) is 4.95. The minimum Gasteiger partial charge on any atom is -0.310 e. The van der Waals surface area contributed by atoms with Gasteiger partial charge in [-0.15, -0.1) is 0 Å². The van der Waals surface area contributed by atoms with E-state index in [0.717, 1.165) is 17.1 Å². The average Bonchev–Trinajstić information content (AvgIpc) is 3.55. The Morgan fingerprint density at radius 3 is 1.44 bits per heavy atom. The Kier molecular flexibility index (Phi) is 7.40. The molecular formula is C53H35NS. The first kappa shape index (κ1) is 31.9. The summed E-state index contributed by atoms with van der Waals surface area (Å²) in [6, 6.07) is 78.2. The Balaban J connectivity index is 1.17. The molecule has 0 saturated carbocycles. The lowest BCUT2D eigenvalue weighted by atomic mass is 9.67. The van der Waals surface area contributed by atoms with Gasteiger partial charge in [0.1, 0.15) is 0 Å². The Labute approximate surface area is 326 Å². The highest BCUT2D eigenvalue weighted by Gasteiger charge is 2.50. The number of anilines is 3. The predicted molar refractivity (Wildman–Crippen MR) is 231 cm³/mol. The maximum absolute atomic E-state index is 2.49. The van der Waals surface area contributed by atoms with Crippen LogP contribution in [0.2, 0.25) is 0 Å². The lowest BCUT2D eigenvalue weighted by Crippen LogP contribution is -2.32. The highest BCUT2D eigenvalue weighted by Crippen LogP contribution is 2.63. The van der Waals surface area contributed by atoms with Crippen molar-refractivity contribution in [2.75, 3.05) is 4.90 Å². The molecule has 2 heteroatoms. The van der Waals surface area contributed by atoms with Crippen molar-refractivity contribution in [3.05, 3.63) is 235 Å². The highest BCUT2D eigenvalue weighted by atomic mass is 32.2. The molecule has 1 spiro atoms. The summed E-state index contributed by atoms with van der Waals surface area (Å²) in [7, 11) is 0. The molecule has 0 bridgehead atoms. The molecule has 9 aromatic rings. The van der Waals surface area contributed by atoms with E-state index >= 15 is 0 Å². The lowest BCUT2D eigenvalue weighted by Gasteiger charge is -2.40. The summed E-state index contributed by atoms with van der Waals surface area (Å²) >= 11 is 1.89. The largest absolute Gasteiger partial charge is 0.310 e. The minimum atomic E-state index is -0.483. The number of hydrogen-bond acceptors (Lipinski definition) is 2. The normalized spacial score (nSPS) is 13.2. The monoisotopic (exact) mass is 717 g/mol. The molecule has 258 valence electrons. The lowest BCUT2D eigenvalue weighted by molar-refractivity contribution is 0.723. The second kappa shape index (κ2) is 12.8. The van der Waals surface area contributed by atoms with Gasteiger partial charge in [0.15, 0.2) is 0 Å². The Morgan fingerprint density at radius 1 is 0.345 bits per heavy atom. The van der Waals surface area contributed by atoms with Gasteiger partial charge in [-0.2, -0.15) is 0 Å². The van der Waals surface area contributed by atoms with Crippen molar-refractivity contribution in [1.29, 1.82) is 0 Å². The molecule has 0 amide bonds. The maximum atomic E-state index is 2.49. The number of rotatable bonds is 5. The molecule has 0 atom stereocenters. The molecule has 0 unspecified atom stereocenters. The predicted octanol–water partition coefficient (Wildman–Crippen LogP) is 14.5. The molecule has 0 saturated heterocycles. The zero-order chi connectivity index (χ0) is 36.3. The second-order valence-corrected chi connectivity index (χ2v) is 15.5. The van der Waals surface area contributed by atoms with Gasteiger partial charge in [0.2, 0.25) is 0 Å². The van der Waals surface area contributed by atoms with Crippen molar-refractivity contribution >= 4 is 39.6 Å². The fourth-order valence-electron chi connectivity index (χ4n) is 9.11. The summed E-state index contributed by atoms with van der Waals surface area (Å²) in [5.74, 6) is 0. The van der Waals surface area contributed by atoms with Gasteiger partial charge in [-0.05, 0) is 115 Å². The van der Waals surface area contributed by atoms with E-state index in [-0.39, 0.29) is 0 Å². The highest BCUT2D eigenvalue weighted by molar-refractivity contribution is 7.99. The van der Waals surface area contributed by atoms with Crippen LogP contribution in [0.15, 0.2) is 222 Å². The summed E-state index contributed by atoms with van der Waals surface area (Å²) in [5.41, 5.74) is 15.7. The third-order valence-corrected chi connectivity index (χ3v) is 12.7. The van der Waals surface area contributed by atoms with Gasteiger partial charge < -0.3 is 4.90 Å². The summed E-state index contributed by atoms with van der Waals surface area (Å²) in [4.78, 5) is 5.04. The number of nitrogens with zero attached hydrogens (tertiary/aromatic N) is 1. The Hall–Kier alpha value is -6.61. The van der Waals surface area contributed by atoms with Crippen LogP contribution in [-0.4, -0.2) is 0 Å². The van der Waals surface area contributed by atoms with E-state index in [0.29, 0.717) is 0 Å². The molecule has 2 aliphatic rings. The molecule has 1 nitrogen and oxygen atoms in total. The summed E-state index contributed by atoms with van der Waals surface area (Å²) in [6.07, 6.45) is 0. The van der Waals surface area contributed by atoms with E-state index in [1.54, 1.807) is 0 Å². The van der Waals surface area contributed by atoms with Gasteiger partial charge >= 0.3 is 0 Å². The van der Waals surface area contributed by atoms with Crippen LogP contribution >= 0.6 is 11.8 Å². The van der Waals surface area contributed by atoms with Crippen molar-refractivity contribution < 1.29 is 0 Å². The zero-order valence-corrected chi connectivity index (χ0v) is 30.9. The van der Waals surface area contributed by atoms with E-state index in [4.69, 9.17) is 0 Å². The number of fused-ring (bicyclic) bond motifs is 11. The van der Waals surface area contributed by atoms with Crippen molar-refractivity contribution in [3.8, 4) is 33.4 Å². The molecule has 9 aromatic carbocycles. The van der Waals surface area contributed by atoms with E-state index < -0.39 is 5.41 Å². The van der Waals surface area contributed by atoms with E-state index in [9.17, 15) is 0 Å². The van der Waals surface area contributed by atoms with Crippen molar-refractivity contribution in [2.24, 2.45) is 0 Å². The van der Waals surface area contributed by atoms with Gasteiger partial charge in [-0.3, -0.25) is 0 Å². The van der Waals surface area contributed by atoms with Crippen LogP contribution in [0.1, 0.15) is 22.3 Å². The summed E-state index contributed by atoms with van der Waals surface area (Å²) in [5, 5.41) is 2.56. The topological polar surface area (TPSA) is 3.24 Å². The van der Waals surface area contributed by atoms with Gasteiger partial charge in [-0.1, -0.05) is 176 Å².